The van der Waals surface area contributed by atoms with Gasteiger partial charge in [0.05, 0.1) is 4.34 Å². The zero-order valence-electron chi connectivity index (χ0n) is 9.49. The molecule has 0 amide bonds. The van der Waals surface area contributed by atoms with E-state index in [1.807, 2.05) is 0 Å². The van der Waals surface area contributed by atoms with Gasteiger partial charge in [0.2, 0.25) is 10.0 Å². The van der Waals surface area contributed by atoms with Gasteiger partial charge in [0.25, 0.3) is 0 Å². The maximum absolute atomic E-state index is 12.1. The van der Waals surface area contributed by atoms with Crippen LogP contribution in [0.1, 0.15) is 18.4 Å². The molecule has 1 aliphatic heterocycles. The second kappa shape index (κ2) is 5.24. The third-order valence-corrected chi connectivity index (χ3v) is 6.27. The lowest BCUT2D eigenvalue weighted by Gasteiger charge is -2.23. The molecule has 0 aliphatic carbocycles. The minimum Gasteiger partial charge on any atom is -0.315 e. The molecule has 2 rings (SSSR count). The predicted octanol–water partition coefficient (Wildman–Crippen LogP) is 1.74. The first kappa shape index (κ1) is 13.3. The van der Waals surface area contributed by atoms with Crippen LogP contribution in [0.15, 0.2) is 10.3 Å². The fraction of sp³-hybridized carbons (Fsp3) is 0.600. The van der Waals surface area contributed by atoms with Gasteiger partial charge in [-0.05, 0) is 37.9 Å². The summed E-state index contributed by atoms with van der Waals surface area (Å²) in [4.78, 5) is 0. The Morgan fingerprint density at radius 1 is 1.59 bits per heavy atom. The molecule has 1 aromatic rings. The van der Waals surface area contributed by atoms with Crippen LogP contribution in [0, 0.1) is 6.92 Å². The van der Waals surface area contributed by atoms with E-state index in [4.69, 9.17) is 11.6 Å². The number of aryl methyl sites for hydroxylation is 1. The molecule has 0 aromatic carbocycles. The van der Waals surface area contributed by atoms with Crippen LogP contribution in [0.3, 0.4) is 0 Å². The number of hydrogen-bond donors (Lipinski definition) is 2. The fourth-order valence-electron chi connectivity index (χ4n) is 1.79. The molecule has 0 spiro atoms. The third kappa shape index (κ3) is 3.20. The molecular formula is C10H15ClN2O2S2. The second-order valence-electron chi connectivity index (χ2n) is 4.19. The number of hydrogen-bond acceptors (Lipinski definition) is 4. The van der Waals surface area contributed by atoms with Crippen LogP contribution in [-0.4, -0.2) is 27.5 Å². The lowest BCUT2D eigenvalue weighted by Crippen LogP contribution is -2.45. The lowest BCUT2D eigenvalue weighted by molar-refractivity contribution is 0.429. The van der Waals surface area contributed by atoms with Crippen molar-refractivity contribution in [3.8, 4) is 0 Å². The van der Waals surface area contributed by atoms with Gasteiger partial charge in [-0.15, -0.1) is 11.3 Å². The van der Waals surface area contributed by atoms with Crippen molar-refractivity contribution in [3.63, 3.8) is 0 Å². The molecule has 1 saturated heterocycles. The van der Waals surface area contributed by atoms with Crippen molar-refractivity contribution in [1.29, 1.82) is 0 Å². The number of halogens is 1. The van der Waals surface area contributed by atoms with Crippen LogP contribution in [0.25, 0.3) is 0 Å². The fourth-order valence-corrected chi connectivity index (χ4v) is 4.79. The van der Waals surface area contributed by atoms with Gasteiger partial charge in [0, 0.05) is 12.6 Å². The average molecular weight is 295 g/mol. The van der Waals surface area contributed by atoms with Crippen LogP contribution in [0.2, 0.25) is 4.34 Å². The molecule has 0 bridgehead atoms. The van der Waals surface area contributed by atoms with E-state index in [0.29, 0.717) is 15.1 Å². The largest absolute Gasteiger partial charge is 0.315 e. The van der Waals surface area contributed by atoms with E-state index in [1.165, 1.54) is 0 Å². The standard InChI is InChI=1S/C10H15ClN2O2S2/c1-7-5-9(16-10(7)11)17(14,15)13-8-3-2-4-12-6-8/h5,8,12-13H,2-4,6H2,1H3/t8-/m1/s1. The van der Waals surface area contributed by atoms with Gasteiger partial charge in [0.15, 0.2) is 0 Å². The first-order valence-electron chi connectivity index (χ1n) is 5.48. The monoisotopic (exact) mass is 294 g/mol. The summed E-state index contributed by atoms with van der Waals surface area (Å²) in [5.74, 6) is 0. The summed E-state index contributed by atoms with van der Waals surface area (Å²) in [5.41, 5.74) is 0.804. The van der Waals surface area contributed by atoms with E-state index in [-0.39, 0.29) is 6.04 Å². The van der Waals surface area contributed by atoms with Crippen LogP contribution in [0.5, 0.6) is 0 Å². The van der Waals surface area contributed by atoms with Crippen molar-refractivity contribution in [3.05, 3.63) is 16.0 Å². The highest BCUT2D eigenvalue weighted by atomic mass is 35.5. The Morgan fingerprint density at radius 3 is 2.88 bits per heavy atom. The molecule has 1 atom stereocenters. The average Bonchev–Trinajstić information content (AvgIpc) is 2.61. The maximum atomic E-state index is 12.1. The molecule has 1 aliphatic rings. The first-order chi connectivity index (χ1) is 7.99. The summed E-state index contributed by atoms with van der Waals surface area (Å²) in [6, 6.07) is 1.60. The van der Waals surface area contributed by atoms with Crippen molar-refractivity contribution in [2.75, 3.05) is 13.1 Å². The summed E-state index contributed by atoms with van der Waals surface area (Å²) >= 11 is 7.00. The quantitative estimate of drug-likeness (QED) is 0.893. The predicted molar refractivity (Wildman–Crippen MR) is 70.3 cm³/mol. The Morgan fingerprint density at radius 2 is 2.35 bits per heavy atom. The van der Waals surface area contributed by atoms with Crippen LogP contribution < -0.4 is 10.0 Å². The molecule has 96 valence electrons. The topological polar surface area (TPSA) is 58.2 Å². The van der Waals surface area contributed by atoms with Gasteiger partial charge < -0.3 is 5.32 Å². The molecule has 7 heteroatoms. The van der Waals surface area contributed by atoms with Gasteiger partial charge in [-0.2, -0.15) is 0 Å². The highest BCUT2D eigenvalue weighted by molar-refractivity contribution is 7.91. The van der Waals surface area contributed by atoms with E-state index < -0.39 is 10.0 Å². The van der Waals surface area contributed by atoms with Gasteiger partial charge in [-0.25, -0.2) is 13.1 Å². The van der Waals surface area contributed by atoms with Gasteiger partial charge in [0.1, 0.15) is 4.21 Å². The summed E-state index contributed by atoms with van der Waals surface area (Å²) in [6.07, 6.45) is 1.88. The van der Waals surface area contributed by atoms with E-state index >= 15 is 0 Å². The van der Waals surface area contributed by atoms with Crippen molar-refractivity contribution < 1.29 is 8.42 Å². The third-order valence-electron chi connectivity index (χ3n) is 2.72. The molecule has 2 N–H and O–H groups in total. The Hall–Kier alpha value is -0.140. The summed E-state index contributed by atoms with van der Waals surface area (Å²) in [6.45, 7) is 3.46. The maximum Gasteiger partial charge on any atom is 0.250 e. The summed E-state index contributed by atoms with van der Waals surface area (Å²) in [5, 5.41) is 3.18. The molecule has 17 heavy (non-hydrogen) atoms. The van der Waals surface area contributed by atoms with Gasteiger partial charge >= 0.3 is 0 Å². The van der Waals surface area contributed by atoms with E-state index in [2.05, 4.69) is 10.0 Å². The molecule has 2 heterocycles. The molecule has 0 saturated carbocycles. The Bertz CT molecular complexity index is 473. The van der Waals surface area contributed by atoms with Crippen LogP contribution in [-0.2, 0) is 10.0 Å². The number of thiophene rings is 1. The smallest absolute Gasteiger partial charge is 0.250 e. The van der Waals surface area contributed by atoms with E-state index in [1.54, 1.807) is 13.0 Å². The molecule has 1 fully saturated rings. The number of nitrogens with one attached hydrogen (secondary N) is 2. The molecule has 4 nitrogen and oxygen atoms in total. The number of sulfonamides is 1. The van der Waals surface area contributed by atoms with Crippen LogP contribution >= 0.6 is 22.9 Å². The molecule has 0 radical (unpaired) electrons. The lowest BCUT2D eigenvalue weighted by atomic mass is 10.1. The highest BCUT2D eigenvalue weighted by Crippen LogP contribution is 2.30. The summed E-state index contributed by atoms with van der Waals surface area (Å²) in [7, 11) is -3.42. The van der Waals surface area contributed by atoms with Crippen LogP contribution in [0.4, 0.5) is 0 Å². The summed E-state index contributed by atoms with van der Waals surface area (Å²) < 4.78 is 27.7. The van der Waals surface area contributed by atoms with Crippen molar-refractivity contribution in [2.45, 2.75) is 30.0 Å². The SMILES string of the molecule is Cc1cc(S(=O)(=O)N[C@@H]2CCCNC2)sc1Cl. The minimum atomic E-state index is -3.42. The molecule has 0 unspecified atom stereocenters. The zero-order valence-corrected chi connectivity index (χ0v) is 11.9. The van der Waals surface area contributed by atoms with Crippen molar-refractivity contribution in [1.82, 2.24) is 10.0 Å². The molecule has 1 aromatic heterocycles. The Kier molecular flexibility index (Phi) is 4.10. The van der Waals surface area contributed by atoms with E-state index in [9.17, 15) is 8.42 Å². The van der Waals surface area contributed by atoms with Crippen molar-refractivity contribution >= 4 is 33.0 Å². The second-order valence-corrected chi connectivity index (χ2v) is 7.78. The normalized spacial score (nSPS) is 21.6. The Labute approximate surface area is 110 Å². The van der Waals surface area contributed by atoms with E-state index in [0.717, 1.165) is 36.3 Å². The first-order valence-corrected chi connectivity index (χ1v) is 8.16. The molecular weight excluding hydrogens is 280 g/mol. The minimum absolute atomic E-state index is 0.0186. The Balaban J connectivity index is 2.12. The van der Waals surface area contributed by atoms with Gasteiger partial charge in [-0.3, -0.25) is 0 Å². The number of piperidine rings is 1. The van der Waals surface area contributed by atoms with Gasteiger partial charge in [-0.1, -0.05) is 11.6 Å². The number of rotatable bonds is 3. The highest BCUT2D eigenvalue weighted by Gasteiger charge is 2.23. The zero-order chi connectivity index (χ0) is 12.5. The van der Waals surface area contributed by atoms with Crippen molar-refractivity contribution in [2.24, 2.45) is 0 Å².